The Balaban J connectivity index is 1.92. The number of hydrogen-bond donors (Lipinski definition) is 1. The first-order valence-electron chi connectivity index (χ1n) is 7.89. The molecule has 1 aliphatic carbocycles. The first-order chi connectivity index (χ1) is 11.5. The highest BCUT2D eigenvalue weighted by Crippen LogP contribution is 2.33. The largest absolute Gasteiger partial charge is 0.507 e. The number of aromatic nitrogens is 2. The second-order valence-corrected chi connectivity index (χ2v) is 6.88. The summed E-state index contributed by atoms with van der Waals surface area (Å²) in [6.07, 6.45) is 3.34. The second kappa shape index (κ2) is 6.65. The number of fused-ring (bicyclic) bond motifs is 1. The maximum atomic E-state index is 12.7. The molecule has 1 N–H and O–H groups in total. The molecule has 0 saturated carbocycles. The van der Waals surface area contributed by atoms with E-state index in [-0.39, 0.29) is 23.7 Å². The van der Waals surface area contributed by atoms with Gasteiger partial charge in [-0.3, -0.25) is 14.6 Å². The minimum Gasteiger partial charge on any atom is -0.507 e. The Kier molecular flexibility index (Phi) is 4.57. The molecule has 0 unspecified atom stereocenters. The third kappa shape index (κ3) is 3.14. The van der Waals surface area contributed by atoms with Crippen LogP contribution >= 0.6 is 11.3 Å². The highest BCUT2D eigenvalue weighted by molar-refractivity contribution is 7.14. The first-order valence-corrected chi connectivity index (χ1v) is 8.71. The maximum Gasteiger partial charge on any atom is 0.204 e. The highest BCUT2D eigenvalue weighted by atomic mass is 32.1. The fourth-order valence-corrected chi connectivity index (χ4v) is 3.73. The van der Waals surface area contributed by atoms with Gasteiger partial charge in [0.15, 0.2) is 0 Å². The Bertz CT molecular complexity index is 834. The van der Waals surface area contributed by atoms with E-state index in [4.69, 9.17) is 0 Å². The van der Waals surface area contributed by atoms with Gasteiger partial charge < -0.3 is 5.11 Å². The smallest absolute Gasteiger partial charge is 0.204 e. The van der Waals surface area contributed by atoms with Crippen LogP contribution in [0.3, 0.4) is 0 Å². The summed E-state index contributed by atoms with van der Waals surface area (Å²) in [5.74, 6) is -0.0994. The number of allylic oxidation sites excluding steroid dienone is 1. The summed E-state index contributed by atoms with van der Waals surface area (Å²) in [7, 11) is 0. The minimum absolute atomic E-state index is 0.0160. The summed E-state index contributed by atoms with van der Waals surface area (Å²) >= 11 is 1.26. The van der Waals surface area contributed by atoms with Crippen LogP contribution in [0.4, 0.5) is 0 Å². The van der Waals surface area contributed by atoms with Crippen LogP contribution in [0.1, 0.15) is 51.4 Å². The Morgan fingerprint density at radius 3 is 2.79 bits per heavy atom. The summed E-state index contributed by atoms with van der Waals surface area (Å²) in [5.41, 5.74) is 2.52. The monoisotopic (exact) mass is 342 g/mol. The standard InChI is InChI=1S/C18H18N2O3S/c1-3-12(21)8-15-20-14-7-6-13(17(23)18(14)24-15)16(22)11-5-4-10(2)19-9-11/h4-5,9,22H,3,6-8H2,1-2H3/b16-13-. The molecular formula is C18H18N2O3S. The normalized spacial score (nSPS) is 16.0. The number of ketones is 2. The summed E-state index contributed by atoms with van der Waals surface area (Å²) in [5, 5.41) is 11.2. The topological polar surface area (TPSA) is 80.2 Å². The Labute approximate surface area is 144 Å². The second-order valence-electron chi connectivity index (χ2n) is 5.80. The number of carbonyl (C=O) groups is 2. The lowest BCUT2D eigenvalue weighted by molar-refractivity contribution is -0.118. The molecule has 0 atom stereocenters. The Morgan fingerprint density at radius 1 is 1.33 bits per heavy atom. The summed E-state index contributed by atoms with van der Waals surface area (Å²) in [4.78, 5) is 33.4. The van der Waals surface area contributed by atoms with Gasteiger partial charge in [0, 0.05) is 29.4 Å². The molecule has 0 spiro atoms. The lowest BCUT2D eigenvalue weighted by atomic mass is 9.93. The highest BCUT2D eigenvalue weighted by Gasteiger charge is 2.29. The Morgan fingerprint density at radius 2 is 2.12 bits per heavy atom. The van der Waals surface area contributed by atoms with E-state index in [0.717, 1.165) is 11.4 Å². The summed E-state index contributed by atoms with van der Waals surface area (Å²) in [6, 6.07) is 3.55. The van der Waals surface area contributed by atoms with E-state index in [1.54, 1.807) is 18.3 Å². The molecule has 0 radical (unpaired) electrons. The van der Waals surface area contributed by atoms with E-state index in [1.165, 1.54) is 11.3 Å². The SMILES string of the molecule is CCC(=O)Cc1nc2c(s1)C(=O)/C(=C(\O)c1ccc(C)nc1)CC2. The molecule has 2 aromatic heterocycles. The molecule has 0 aromatic carbocycles. The molecule has 0 aliphatic heterocycles. The van der Waals surface area contributed by atoms with Crippen molar-refractivity contribution < 1.29 is 14.7 Å². The van der Waals surface area contributed by atoms with Crippen LogP contribution in [-0.2, 0) is 17.6 Å². The molecule has 2 aromatic rings. The number of aliphatic hydroxyl groups excluding tert-OH is 1. The minimum atomic E-state index is -0.193. The van der Waals surface area contributed by atoms with Crippen molar-refractivity contribution in [3.63, 3.8) is 0 Å². The zero-order chi connectivity index (χ0) is 17.3. The van der Waals surface area contributed by atoms with Crippen molar-refractivity contribution in [2.75, 3.05) is 0 Å². The molecule has 5 nitrogen and oxygen atoms in total. The number of aryl methyl sites for hydroxylation is 2. The molecular weight excluding hydrogens is 324 g/mol. The molecule has 2 heterocycles. The van der Waals surface area contributed by atoms with Crippen LogP contribution < -0.4 is 0 Å². The van der Waals surface area contributed by atoms with E-state index >= 15 is 0 Å². The summed E-state index contributed by atoms with van der Waals surface area (Å²) in [6.45, 7) is 3.68. The van der Waals surface area contributed by atoms with E-state index in [1.807, 2.05) is 13.8 Å². The van der Waals surface area contributed by atoms with Gasteiger partial charge in [0.25, 0.3) is 0 Å². The Hall–Kier alpha value is -2.34. The molecule has 6 heteroatoms. The van der Waals surface area contributed by atoms with Crippen molar-refractivity contribution in [2.45, 2.75) is 39.5 Å². The predicted molar refractivity (Wildman–Crippen MR) is 92.3 cm³/mol. The average Bonchev–Trinajstić information content (AvgIpc) is 2.98. The number of carbonyl (C=O) groups excluding carboxylic acids is 2. The van der Waals surface area contributed by atoms with Gasteiger partial charge in [0.1, 0.15) is 16.6 Å². The van der Waals surface area contributed by atoms with Gasteiger partial charge in [0.2, 0.25) is 5.78 Å². The fourth-order valence-electron chi connectivity index (χ4n) is 2.62. The van der Waals surface area contributed by atoms with E-state index in [9.17, 15) is 14.7 Å². The van der Waals surface area contributed by atoms with Gasteiger partial charge in [-0.05, 0) is 31.9 Å². The van der Waals surface area contributed by atoms with Gasteiger partial charge in [-0.1, -0.05) is 6.92 Å². The summed E-state index contributed by atoms with van der Waals surface area (Å²) < 4.78 is 0. The number of hydrogen-bond acceptors (Lipinski definition) is 6. The van der Waals surface area contributed by atoms with Gasteiger partial charge in [0.05, 0.1) is 17.0 Å². The van der Waals surface area contributed by atoms with Crippen LogP contribution in [0.5, 0.6) is 0 Å². The van der Waals surface area contributed by atoms with Crippen molar-refractivity contribution in [1.82, 2.24) is 9.97 Å². The van der Waals surface area contributed by atoms with Crippen molar-refractivity contribution >= 4 is 28.7 Å². The number of nitrogens with zero attached hydrogens (tertiary/aromatic N) is 2. The molecule has 124 valence electrons. The van der Waals surface area contributed by atoms with Crippen LogP contribution in [-0.4, -0.2) is 26.6 Å². The lowest BCUT2D eigenvalue weighted by Crippen LogP contribution is -2.14. The molecule has 0 fully saturated rings. The third-order valence-electron chi connectivity index (χ3n) is 4.05. The number of pyridine rings is 1. The molecule has 0 amide bonds. The zero-order valence-electron chi connectivity index (χ0n) is 13.6. The van der Waals surface area contributed by atoms with Gasteiger partial charge in [-0.25, -0.2) is 4.98 Å². The number of rotatable bonds is 4. The molecule has 0 saturated heterocycles. The predicted octanol–water partition coefficient (Wildman–Crippen LogP) is 3.47. The van der Waals surface area contributed by atoms with Gasteiger partial charge in [-0.2, -0.15) is 0 Å². The lowest BCUT2D eigenvalue weighted by Gasteiger charge is -2.14. The van der Waals surface area contributed by atoms with Crippen LogP contribution in [0.15, 0.2) is 23.9 Å². The van der Waals surface area contributed by atoms with E-state index in [0.29, 0.717) is 40.3 Å². The van der Waals surface area contributed by atoms with Gasteiger partial charge >= 0.3 is 0 Å². The molecule has 3 rings (SSSR count). The van der Waals surface area contributed by atoms with E-state index < -0.39 is 0 Å². The average molecular weight is 342 g/mol. The third-order valence-corrected chi connectivity index (χ3v) is 5.14. The van der Waals surface area contributed by atoms with Crippen LogP contribution in [0.2, 0.25) is 0 Å². The number of Topliss-reactive ketones (excluding diaryl/α,β-unsaturated/α-hetero) is 2. The number of aliphatic hydroxyl groups is 1. The van der Waals surface area contributed by atoms with E-state index in [2.05, 4.69) is 9.97 Å². The van der Waals surface area contributed by atoms with Crippen LogP contribution in [0, 0.1) is 6.92 Å². The quantitative estimate of drug-likeness (QED) is 0.680. The van der Waals surface area contributed by atoms with Crippen molar-refractivity contribution in [1.29, 1.82) is 0 Å². The zero-order valence-corrected chi connectivity index (χ0v) is 14.4. The maximum absolute atomic E-state index is 12.7. The van der Waals surface area contributed by atoms with Gasteiger partial charge in [-0.15, -0.1) is 11.3 Å². The molecule has 24 heavy (non-hydrogen) atoms. The number of thiazole rings is 1. The molecule has 0 bridgehead atoms. The van der Waals surface area contributed by atoms with Crippen molar-refractivity contribution in [3.05, 3.63) is 50.7 Å². The van der Waals surface area contributed by atoms with Crippen LogP contribution in [0.25, 0.3) is 5.76 Å². The van der Waals surface area contributed by atoms with Crippen molar-refractivity contribution in [2.24, 2.45) is 0 Å². The first kappa shape index (κ1) is 16.5. The fraction of sp³-hybridized carbons (Fsp3) is 0.333. The van der Waals surface area contributed by atoms with Crippen molar-refractivity contribution in [3.8, 4) is 0 Å². The molecule has 1 aliphatic rings.